The van der Waals surface area contributed by atoms with Crippen molar-refractivity contribution in [3.63, 3.8) is 0 Å². The molecule has 2 aromatic rings. The van der Waals surface area contributed by atoms with Crippen LogP contribution in [0.2, 0.25) is 5.02 Å². The van der Waals surface area contributed by atoms with Crippen LogP contribution in [0.5, 0.6) is 0 Å². The standard InChI is InChI=1S/C16H23ClN4/c1-4-13-16(17)15(21(5-2)20-13)10-14(19-18)12-9-7-6-8-11(12)3/h6-9,14,19H,4-5,10,18H2,1-3H3. The van der Waals surface area contributed by atoms with Crippen LogP contribution >= 0.6 is 11.6 Å². The first-order chi connectivity index (χ1) is 10.1. The van der Waals surface area contributed by atoms with Crippen molar-refractivity contribution in [2.75, 3.05) is 0 Å². The van der Waals surface area contributed by atoms with Crippen molar-refractivity contribution in [2.24, 2.45) is 5.84 Å². The van der Waals surface area contributed by atoms with Crippen molar-refractivity contribution < 1.29 is 0 Å². The van der Waals surface area contributed by atoms with Crippen LogP contribution in [0.1, 0.15) is 42.4 Å². The van der Waals surface area contributed by atoms with Gasteiger partial charge in [0.2, 0.25) is 0 Å². The molecule has 1 unspecified atom stereocenters. The highest BCUT2D eigenvalue weighted by molar-refractivity contribution is 6.31. The van der Waals surface area contributed by atoms with E-state index in [2.05, 4.69) is 43.4 Å². The predicted octanol–water partition coefficient (Wildman–Crippen LogP) is 3.17. The summed E-state index contributed by atoms with van der Waals surface area (Å²) in [5, 5.41) is 5.34. The second kappa shape index (κ2) is 7.07. The molecular weight excluding hydrogens is 284 g/mol. The van der Waals surface area contributed by atoms with Gasteiger partial charge in [0, 0.05) is 13.0 Å². The molecule has 3 N–H and O–H groups in total. The maximum Gasteiger partial charge on any atom is 0.0850 e. The Kier molecular flexibility index (Phi) is 5.39. The number of rotatable bonds is 6. The van der Waals surface area contributed by atoms with Gasteiger partial charge in [0.1, 0.15) is 0 Å². The summed E-state index contributed by atoms with van der Waals surface area (Å²) in [6, 6.07) is 8.28. The molecule has 1 heterocycles. The van der Waals surface area contributed by atoms with Gasteiger partial charge in [-0.05, 0) is 31.4 Å². The number of nitrogens with zero attached hydrogens (tertiary/aromatic N) is 2. The summed E-state index contributed by atoms with van der Waals surface area (Å²) in [5.41, 5.74) is 7.32. The molecule has 4 nitrogen and oxygen atoms in total. The molecule has 0 fully saturated rings. The number of aryl methyl sites for hydroxylation is 3. The van der Waals surface area contributed by atoms with Crippen LogP contribution in [0, 0.1) is 6.92 Å². The van der Waals surface area contributed by atoms with Crippen LogP contribution in [-0.2, 0) is 19.4 Å². The van der Waals surface area contributed by atoms with E-state index in [1.807, 2.05) is 16.8 Å². The molecule has 1 atom stereocenters. The average Bonchev–Trinajstić information content (AvgIpc) is 2.81. The molecular formula is C16H23ClN4. The van der Waals surface area contributed by atoms with E-state index in [9.17, 15) is 0 Å². The predicted molar refractivity (Wildman–Crippen MR) is 87.2 cm³/mol. The van der Waals surface area contributed by atoms with Crippen molar-refractivity contribution in [3.05, 3.63) is 51.8 Å². The van der Waals surface area contributed by atoms with Gasteiger partial charge < -0.3 is 0 Å². The summed E-state index contributed by atoms with van der Waals surface area (Å²) in [4.78, 5) is 0. The third kappa shape index (κ3) is 3.28. The van der Waals surface area contributed by atoms with Crippen molar-refractivity contribution in [3.8, 4) is 0 Å². The zero-order valence-electron chi connectivity index (χ0n) is 12.9. The van der Waals surface area contributed by atoms with Gasteiger partial charge in [-0.15, -0.1) is 0 Å². The van der Waals surface area contributed by atoms with E-state index < -0.39 is 0 Å². The van der Waals surface area contributed by atoms with Gasteiger partial charge in [-0.1, -0.05) is 42.8 Å². The number of hydrazine groups is 1. The normalized spacial score (nSPS) is 12.6. The van der Waals surface area contributed by atoms with Gasteiger partial charge in [-0.25, -0.2) is 0 Å². The van der Waals surface area contributed by atoms with Crippen molar-refractivity contribution >= 4 is 11.6 Å². The van der Waals surface area contributed by atoms with Gasteiger partial charge >= 0.3 is 0 Å². The maximum absolute atomic E-state index is 6.48. The molecule has 1 aromatic heterocycles. The number of hydrogen-bond donors (Lipinski definition) is 2. The van der Waals surface area contributed by atoms with Gasteiger partial charge in [0.15, 0.2) is 0 Å². The molecule has 0 amide bonds. The number of nitrogens with one attached hydrogen (secondary N) is 1. The monoisotopic (exact) mass is 306 g/mol. The Labute approximate surface area is 131 Å². The summed E-state index contributed by atoms with van der Waals surface area (Å²) in [7, 11) is 0. The fraction of sp³-hybridized carbons (Fsp3) is 0.438. The summed E-state index contributed by atoms with van der Waals surface area (Å²) in [6.07, 6.45) is 1.56. The molecule has 2 rings (SSSR count). The molecule has 5 heteroatoms. The first-order valence-electron chi connectivity index (χ1n) is 7.38. The molecule has 0 bridgehead atoms. The molecule has 114 valence electrons. The van der Waals surface area contributed by atoms with E-state index in [0.29, 0.717) is 0 Å². The Balaban J connectivity index is 2.35. The second-order valence-corrected chi connectivity index (χ2v) is 5.53. The van der Waals surface area contributed by atoms with Crippen molar-refractivity contribution in [1.29, 1.82) is 0 Å². The lowest BCUT2D eigenvalue weighted by Gasteiger charge is -2.19. The number of halogens is 1. The van der Waals surface area contributed by atoms with Crippen LogP contribution < -0.4 is 11.3 Å². The molecule has 0 saturated carbocycles. The molecule has 0 radical (unpaired) electrons. The molecule has 0 aliphatic carbocycles. The van der Waals surface area contributed by atoms with Crippen LogP contribution in [0.4, 0.5) is 0 Å². The largest absolute Gasteiger partial charge is 0.271 e. The zero-order valence-corrected chi connectivity index (χ0v) is 13.6. The number of aromatic nitrogens is 2. The van der Waals surface area contributed by atoms with E-state index in [1.54, 1.807) is 0 Å². The van der Waals surface area contributed by atoms with E-state index in [1.165, 1.54) is 11.1 Å². The minimum Gasteiger partial charge on any atom is -0.271 e. The first-order valence-corrected chi connectivity index (χ1v) is 7.75. The van der Waals surface area contributed by atoms with Crippen LogP contribution in [-0.4, -0.2) is 9.78 Å². The lowest BCUT2D eigenvalue weighted by Crippen LogP contribution is -2.30. The van der Waals surface area contributed by atoms with E-state index >= 15 is 0 Å². The molecule has 21 heavy (non-hydrogen) atoms. The van der Waals surface area contributed by atoms with Gasteiger partial charge in [0.25, 0.3) is 0 Å². The summed E-state index contributed by atoms with van der Waals surface area (Å²) in [5.74, 6) is 5.78. The smallest absolute Gasteiger partial charge is 0.0850 e. The molecule has 0 aliphatic rings. The minimum absolute atomic E-state index is 0.0235. The third-order valence-electron chi connectivity index (χ3n) is 3.86. The lowest BCUT2D eigenvalue weighted by atomic mass is 9.98. The highest BCUT2D eigenvalue weighted by atomic mass is 35.5. The Morgan fingerprint density at radius 1 is 1.33 bits per heavy atom. The Morgan fingerprint density at radius 2 is 2.05 bits per heavy atom. The van der Waals surface area contributed by atoms with Gasteiger partial charge in [-0.2, -0.15) is 5.10 Å². The van der Waals surface area contributed by atoms with Crippen molar-refractivity contribution in [1.82, 2.24) is 15.2 Å². The zero-order chi connectivity index (χ0) is 15.4. The highest BCUT2D eigenvalue weighted by Gasteiger charge is 2.20. The van der Waals surface area contributed by atoms with E-state index in [-0.39, 0.29) is 6.04 Å². The number of benzene rings is 1. The Morgan fingerprint density at radius 3 is 2.62 bits per heavy atom. The molecule has 1 aromatic carbocycles. The summed E-state index contributed by atoms with van der Waals surface area (Å²) >= 11 is 6.48. The average molecular weight is 307 g/mol. The van der Waals surface area contributed by atoms with Crippen molar-refractivity contribution in [2.45, 2.75) is 46.2 Å². The van der Waals surface area contributed by atoms with Crippen LogP contribution in [0.15, 0.2) is 24.3 Å². The SMILES string of the molecule is CCc1nn(CC)c(CC(NN)c2ccccc2C)c1Cl. The Hall–Kier alpha value is -1.36. The van der Waals surface area contributed by atoms with Gasteiger partial charge in [0.05, 0.1) is 22.5 Å². The Bertz CT molecular complexity index is 606. The number of hydrogen-bond acceptors (Lipinski definition) is 3. The fourth-order valence-corrected chi connectivity index (χ4v) is 2.99. The maximum atomic E-state index is 6.48. The minimum atomic E-state index is 0.0235. The number of nitrogens with two attached hydrogens (primary N) is 1. The fourth-order valence-electron chi connectivity index (χ4n) is 2.64. The molecule has 0 spiro atoms. The quantitative estimate of drug-likeness (QED) is 0.636. The van der Waals surface area contributed by atoms with E-state index in [4.69, 9.17) is 17.4 Å². The first kappa shape index (κ1) is 16.0. The van der Waals surface area contributed by atoms with Gasteiger partial charge in [-0.3, -0.25) is 16.0 Å². The lowest BCUT2D eigenvalue weighted by molar-refractivity contribution is 0.515. The van der Waals surface area contributed by atoms with E-state index in [0.717, 1.165) is 35.8 Å². The van der Waals surface area contributed by atoms with Crippen LogP contribution in [0.3, 0.4) is 0 Å². The molecule has 0 saturated heterocycles. The third-order valence-corrected chi connectivity index (χ3v) is 4.29. The summed E-state index contributed by atoms with van der Waals surface area (Å²) < 4.78 is 1.98. The topological polar surface area (TPSA) is 55.9 Å². The summed E-state index contributed by atoms with van der Waals surface area (Å²) in [6.45, 7) is 7.04. The second-order valence-electron chi connectivity index (χ2n) is 5.16. The molecule has 0 aliphatic heterocycles. The highest BCUT2D eigenvalue weighted by Crippen LogP contribution is 2.27. The van der Waals surface area contributed by atoms with Crippen LogP contribution in [0.25, 0.3) is 0 Å².